The Bertz CT molecular complexity index is 570. The van der Waals surface area contributed by atoms with Crippen molar-refractivity contribution < 1.29 is 18.0 Å². The third-order valence-electron chi connectivity index (χ3n) is 2.99. The molecule has 0 radical (unpaired) electrons. The molecule has 8 heteroatoms. The monoisotopic (exact) mass is 317 g/mol. The molecule has 0 heterocycles. The van der Waals surface area contributed by atoms with Gasteiger partial charge in [0.25, 0.3) is 0 Å². The molecule has 1 aliphatic carbocycles. The van der Waals surface area contributed by atoms with Crippen molar-refractivity contribution in [2.45, 2.75) is 25.1 Å². The summed E-state index contributed by atoms with van der Waals surface area (Å²) in [5, 5.41) is 5.52. The number of hydrogen-bond donors (Lipinski definition) is 3. The molecule has 0 spiro atoms. The molecule has 1 aromatic rings. The summed E-state index contributed by atoms with van der Waals surface area (Å²) < 4.78 is 38.0. The molecule has 0 aromatic heterocycles. The Hall–Kier alpha value is -1.83. The number of thiocarbonyl (C=S) groups is 1. The third-order valence-corrected chi connectivity index (χ3v) is 3.21. The summed E-state index contributed by atoms with van der Waals surface area (Å²) in [4.78, 5) is 11.4. The zero-order chi connectivity index (χ0) is 15.6. The number of carbonyl (C=O) groups excluding carboxylic acids is 1. The Balaban J connectivity index is 2.10. The van der Waals surface area contributed by atoms with Crippen LogP contribution >= 0.6 is 12.2 Å². The first kappa shape index (κ1) is 15.6. The van der Waals surface area contributed by atoms with Gasteiger partial charge in [0, 0.05) is 17.3 Å². The maximum atomic E-state index is 12.7. The van der Waals surface area contributed by atoms with Gasteiger partial charge in [0.2, 0.25) is 5.91 Å². The minimum Gasteiger partial charge on any atom is -0.389 e. The van der Waals surface area contributed by atoms with Crippen molar-refractivity contribution in [3.8, 4) is 0 Å². The van der Waals surface area contributed by atoms with Crippen LogP contribution in [0, 0.1) is 0 Å². The van der Waals surface area contributed by atoms with Gasteiger partial charge in [0.1, 0.15) is 4.99 Å². The maximum absolute atomic E-state index is 12.7. The van der Waals surface area contributed by atoms with Crippen molar-refractivity contribution >= 4 is 28.8 Å². The van der Waals surface area contributed by atoms with Crippen molar-refractivity contribution in [1.29, 1.82) is 0 Å². The molecule has 1 amide bonds. The number of anilines is 1. The average molecular weight is 317 g/mol. The van der Waals surface area contributed by atoms with Crippen LogP contribution in [-0.4, -0.2) is 23.5 Å². The number of hydrogen-bond acceptors (Lipinski definition) is 3. The molecule has 0 saturated heterocycles. The zero-order valence-electron chi connectivity index (χ0n) is 11.0. The van der Waals surface area contributed by atoms with E-state index < -0.39 is 11.7 Å². The van der Waals surface area contributed by atoms with Crippen molar-refractivity contribution in [1.82, 2.24) is 5.32 Å². The predicted molar refractivity (Wildman–Crippen MR) is 77.0 cm³/mol. The Morgan fingerprint density at radius 1 is 1.38 bits per heavy atom. The number of nitrogens with two attached hydrogens (primary N) is 1. The standard InChI is InChI=1S/C13H14F3N3OS/c14-13(15,16)7-1-4-10(9(5-7)12(17)21)18-6-11(20)19-8-2-3-8/h1,4-5,8,18H,2-3,6H2,(H2,17,21)(H,19,20). The molecule has 4 nitrogen and oxygen atoms in total. The van der Waals surface area contributed by atoms with Gasteiger partial charge in [-0.25, -0.2) is 0 Å². The van der Waals surface area contributed by atoms with Crippen LogP contribution in [0.5, 0.6) is 0 Å². The fourth-order valence-corrected chi connectivity index (χ4v) is 1.93. The molecule has 0 aliphatic heterocycles. The highest BCUT2D eigenvalue weighted by Crippen LogP contribution is 2.31. The first-order valence-corrected chi connectivity index (χ1v) is 6.72. The first-order chi connectivity index (χ1) is 9.77. The van der Waals surface area contributed by atoms with Gasteiger partial charge >= 0.3 is 6.18 Å². The van der Waals surface area contributed by atoms with Crippen LogP contribution in [0.1, 0.15) is 24.0 Å². The second-order valence-electron chi connectivity index (χ2n) is 4.82. The Kier molecular flexibility index (Phi) is 4.36. The Labute approximate surface area is 124 Å². The van der Waals surface area contributed by atoms with E-state index >= 15 is 0 Å². The number of rotatable bonds is 5. The van der Waals surface area contributed by atoms with Gasteiger partial charge in [-0.2, -0.15) is 13.2 Å². The Morgan fingerprint density at radius 3 is 2.57 bits per heavy atom. The molecular formula is C13H14F3N3OS. The van der Waals surface area contributed by atoms with Crippen LogP contribution in [0.15, 0.2) is 18.2 Å². The van der Waals surface area contributed by atoms with Crippen LogP contribution in [0.4, 0.5) is 18.9 Å². The van der Waals surface area contributed by atoms with E-state index in [0.29, 0.717) is 5.69 Å². The first-order valence-electron chi connectivity index (χ1n) is 6.31. The van der Waals surface area contributed by atoms with E-state index in [0.717, 1.165) is 25.0 Å². The molecule has 1 aliphatic rings. The van der Waals surface area contributed by atoms with Gasteiger partial charge in [-0.15, -0.1) is 0 Å². The third kappa shape index (κ3) is 4.32. The molecule has 2 rings (SSSR count). The van der Waals surface area contributed by atoms with Crippen LogP contribution in [0.25, 0.3) is 0 Å². The Morgan fingerprint density at radius 2 is 2.05 bits per heavy atom. The van der Waals surface area contributed by atoms with Gasteiger partial charge in [0.05, 0.1) is 12.1 Å². The molecule has 1 saturated carbocycles. The zero-order valence-corrected chi connectivity index (χ0v) is 11.8. The summed E-state index contributed by atoms with van der Waals surface area (Å²) in [7, 11) is 0. The lowest BCUT2D eigenvalue weighted by Crippen LogP contribution is -2.31. The number of nitrogens with one attached hydrogen (secondary N) is 2. The van der Waals surface area contributed by atoms with E-state index in [2.05, 4.69) is 10.6 Å². The molecular weight excluding hydrogens is 303 g/mol. The lowest BCUT2D eigenvalue weighted by molar-refractivity contribution is -0.137. The van der Waals surface area contributed by atoms with E-state index in [4.69, 9.17) is 18.0 Å². The van der Waals surface area contributed by atoms with Crippen LogP contribution in [0.2, 0.25) is 0 Å². The van der Waals surface area contributed by atoms with Gasteiger partial charge < -0.3 is 16.4 Å². The van der Waals surface area contributed by atoms with Crippen molar-refractivity contribution in [2.75, 3.05) is 11.9 Å². The molecule has 0 atom stereocenters. The normalized spacial score (nSPS) is 14.6. The number of alkyl halides is 3. The summed E-state index contributed by atoms with van der Waals surface area (Å²) >= 11 is 4.76. The van der Waals surface area contributed by atoms with Crippen molar-refractivity contribution in [3.05, 3.63) is 29.3 Å². The highest BCUT2D eigenvalue weighted by atomic mass is 32.1. The van der Waals surface area contributed by atoms with Crippen LogP contribution < -0.4 is 16.4 Å². The van der Waals surface area contributed by atoms with Crippen LogP contribution in [-0.2, 0) is 11.0 Å². The fourth-order valence-electron chi connectivity index (χ4n) is 1.76. The molecule has 114 valence electrons. The van der Waals surface area contributed by atoms with Gasteiger partial charge in [-0.05, 0) is 31.0 Å². The summed E-state index contributed by atoms with van der Waals surface area (Å²) in [5.41, 5.74) is 4.99. The maximum Gasteiger partial charge on any atom is 0.416 e. The fraction of sp³-hybridized carbons (Fsp3) is 0.385. The van der Waals surface area contributed by atoms with Crippen molar-refractivity contribution in [3.63, 3.8) is 0 Å². The average Bonchev–Trinajstić information content (AvgIpc) is 3.18. The smallest absolute Gasteiger partial charge is 0.389 e. The van der Waals surface area contributed by atoms with E-state index in [1.807, 2.05) is 0 Å². The summed E-state index contributed by atoms with van der Waals surface area (Å²) in [6.45, 7) is -0.0442. The number of carbonyl (C=O) groups is 1. The van der Waals surface area contributed by atoms with Gasteiger partial charge in [-0.3, -0.25) is 4.79 Å². The van der Waals surface area contributed by atoms with Gasteiger partial charge in [-0.1, -0.05) is 12.2 Å². The highest BCUT2D eigenvalue weighted by Gasteiger charge is 2.31. The molecule has 21 heavy (non-hydrogen) atoms. The summed E-state index contributed by atoms with van der Waals surface area (Å²) in [5.74, 6) is -0.216. The minimum atomic E-state index is -4.47. The largest absolute Gasteiger partial charge is 0.416 e. The van der Waals surface area contributed by atoms with E-state index in [-0.39, 0.29) is 29.0 Å². The quantitative estimate of drug-likeness (QED) is 0.727. The second-order valence-corrected chi connectivity index (χ2v) is 5.26. The predicted octanol–water partition coefficient (Wildman–Crippen LogP) is 2.03. The topological polar surface area (TPSA) is 67.1 Å². The molecule has 0 bridgehead atoms. The lowest BCUT2D eigenvalue weighted by Gasteiger charge is -2.14. The highest BCUT2D eigenvalue weighted by molar-refractivity contribution is 7.80. The molecule has 1 aromatic carbocycles. The number of amides is 1. The number of halogens is 3. The van der Waals surface area contributed by atoms with Crippen molar-refractivity contribution in [2.24, 2.45) is 5.73 Å². The molecule has 4 N–H and O–H groups in total. The minimum absolute atomic E-state index is 0.0442. The summed E-state index contributed by atoms with van der Waals surface area (Å²) in [6, 6.07) is 3.25. The van der Waals surface area contributed by atoms with E-state index in [1.54, 1.807) is 0 Å². The lowest BCUT2D eigenvalue weighted by atomic mass is 10.1. The second kappa shape index (κ2) is 5.88. The van der Waals surface area contributed by atoms with Gasteiger partial charge in [0.15, 0.2) is 0 Å². The van der Waals surface area contributed by atoms with Crippen LogP contribution in [0.3, 0.4) is 0 Å². The van der Waals surface area contributed by atoms with E-state index in [9.17, 15) is 18.0 Å². The molecule has 0 unspecified atom stereocenters. The molecule has 1 fully saturated rings. The SMILES string of the molecule is NC(=S)c1cc(C(F)(F)F)ccc1NCC(=O)NC1CC1. The van der Waals surface area contributed by atoms with E-state index in [1.165, 1.54) is 6.07 Å². The number of benzene rings is 1. The summed E-state index contributed by atoms with van der Waals surface area (Å²) in [6.07, 6.45) is -2.55.